The van der Waals surface area contributed by atoms with Crippen molar-refractivity contribution in [2.24, 2.45) is 23.2 Å². The number of allylic oxidation sites excluding steroid dienone is 1. The number of urea groups is 1. The van der Waals surface area contributed by atoms with Crippen molar-refractivity contribution in [1.29, 1.82) is 0 Å². The lowest BCUT2D eigenvalue weighted by Gasteiger charge is -2.59. The Bertz CT molecular complexity index is 367. The van der Waals surface area contributed by atoms with E-state index < -0.39 is 0 Å². The summed E-state index contributed by atoms with van der Waals surface area (Å²) in [5, 5.41) is 6.01. The maximum atomic E-state index is 11.9. The fourth-order valence-electron chi connectivity index (χ4n) is 5.35. The number of hydrogen-bond acceptors (Lipinski definition) is 1. The van der Waals surface area contributed by atoms with Crippen LogP contribution in [0.15, 0.2) is 12.3 Å². The number of rotatable bonds is 4. The second kappa shape index (κ2) is 5.42. The van der Waals surface area contributed by atoms with Gasteiger partial charge in [0.05, 0.1) is 0 Å². The summed E-state index contributed by atoms with van der Waals surface area (Å²) >= 11 is 0. The van der Waals surface area contributed by atoms with Crippen LogP contribution < -0.4 is 10.6 Å². The van der Waals surface area contributed by atoms with Gasteiger partial charge in [0.2, 0.25) is 0 Å². The van der Waals surface area contributed by atoms with Gasteiger partial charge in [0.1, 0.15) is 0 Å². The minimum absolute atomic E-state index is 0.0436. The maximum absolute atomic E-state index is 11.9. The smallest absolute Gasteiger partial charge is 0.318 e. The summed E-state index contributed by atoms with van der Waals surface area (Å²) in [5.74, 6) is 2.82. The highest BCUT2D eigenvalue weighted by Crippen LogP contribution is 2.61. The third-order valence-corrected chi connectivity index (χ3v) is 5.92. The Labute approximate surface area is 122 Å². The van der Waals surface area contributed by atoms with Crippen LogP contribution in [0.2, 0.25) is 0 Å². The quantitative estimate of drug-likeness (QED) is 0.805. The molecule has 0 aromatic carbocycles. The van der Waals surface area contributed by atoms with Gasteiger partial charge in [-0.3, -0.25) is 0 Å². The molecule has 4 bridgehead atoms. The molecular weight excluding hydrogens is 248 g/mol. The molecule has 0 aliphatic heterocycles. The van der Waals surface area contributed by atoms with E-state index in [1.807, 2.05) is 6.08 Å². The first kappa shape index (κ1) is 14.0. The molecule has 1 unspecified atom stereocenters. The summed E-state index contributed by atoms with van der Waals surface area (Å²) in [5.41, 5.74) is 0.389. The molecule has 0 heterocycles. The molecule has 0 radical (unpaired) electrons. The van der Waals surface area contributed by atoms with E-state index in [1.165, 1.54) is 38.5 Å². The van der Waals surface area contributed by atoms with Crippen LogP contribution in [0, 0.1) is 23.2 Å². The molecule has 2 N–H and O–H groups in total. The summed E-state index contributed by atoms with van der Waals surface area (Å²) in [6.45, 7) is 4.28. The van der Waals surface area contributed by atoms with Gasteiger partial charge >= 0.3 is 6.03 Å². The average molecular weight is 276 g/mol. The van der Waals surface area contributed by atoms with Gasteiger partial charge in [-0.15, -0.1) is 0 Å². The molecule has 0 spiro atoms. The Morgan fingerprint density at radius 3 is 2.25 bits per heavy atom. The summed E-state index contributed by atoms with van der Waals surface area (Å²) in [7, 11) is 0. The Morgan fingerprint density at radius 1 is 1.20 bits per heavy atom. The zero-order valence-electron chi connectivity index (χ0n) is 12.8. The summed E-state index contributed by atoms with van der Waals surface area (Å²) in [6, 6.07) is 0.254. The van der Waals surface area contributed by atoms with Crippen LogP contribution in [0.1, 0.15) is 58.8 Å². The molecule has 0 aromatic rings. The third kappa shape index (κ3) is 2.59. The third-order valence-electron chi connectivity index (χ3n) is 5.92. The monoisotopic (exact) mass is 276 g/mol. The maximum Gasteiger partial charge on any atom is 0.318 e. The fraction of sp³-hybridized carbons (Fsp3) is 0.824. The van der Waals surface area contributed by atoms with Crippen molar-refractivity contribution in [3.63, 3.8) is 0 Å². The van der Waals surface area contributed by atoms with Crippen LogP contribution in [-0.2, 0) is 0 Å². The highest BCUT2D eigenvalue weighted by molar-refractivity contribution is 5.75. The second-order valence-electron chi connectivity index (χ2n) is 7.43. The van der Waals surface area contributed by atoms with Crippen LogP contribution in [0.25, 0.3) is 0 Å². The molecule has 2 amide bonds. The molecule has 3 nitrogen and oxygen atoms in total. The topological polar surface area (TPSA) is 41.1 Å². The Balaban J connectivity index is 1.60. The molecule has 0 saturated heterocycles. The molecule has 4 aliphatic rings. The van der Waals surface area contributed by atoms with Crippen LogP contribution >= 0.6 is 0 Å². The van der Waals surface area contributed by atoms with Crippen LogP contribution in [0.4, 0.5) is 4.79 Å². The summed E-state index contributed by atoms with van der Waals surface area (Å²) < 4.78 is 0. The van der Waals surface area contributed by atoms with E-state index in [9.17, 15) is 4.79 Å². The highest BCUT2D eigenvalue weighted by Gasteiger charge is 2.53. The largest absolute Gasteiger partial charge is 0.335 e. The highest BCUT2D eigenvalue weighted by atomic mass is 16.2. The first-order valence-electron chi connectivity index (χ1n) is 8.33. The summed E-state index contributed by atoms with van der Waals surface area (Å²) in [4.78, 5) is 11.9. The normalized spacial score (nSPS) is 40.0. The van der Waals surface area contributed by atoms with Crippen LogP contribution in [-0.4, -0.2) is 12.1 Å². The number of amides is 2. The van der Waals surface area contributed by atoms with Gasteiger partial charge in [-0.2, -0.15) is 0 Å². The zero-order valence-corrected chi connectivity index (χ0v) is 12.8. The van der Waals surface area contributed by atoms with Gasteiger partial charge in [-0.05, 0) is 75.0 Å². The van der Waals surface area contributed by atoms with E-state index in [4.69, 9.17) is 0 Å². The first-order valence-corrected chi connectivity index (χ1v) is 8.33. The summed E-state index contributed by atoms with van der Waals surface area (Å²) in [6.07, 6.45) is 13.1. The molecule has 112 valence electrons. The lowest BCUT2D eigenvalue weighted by molar-refractivity contribution is -0.0681. The SMILES string of the molecule is CC/C=C/NC(=O)NC(C)C12CC3CC(CC(C3)C1)C2. The fourth-order valence-corrected chi connectivity index (χ4v) is 5.35. The molecule has 1 atom stereocenters. The van der Waals surface area contributed by atoms with Crippen molar-refractivity contribution in [3.05, 3.63) is 12.3 Å². The lowest BCUT2D eigenvalue weighted by atomic mass is 9.48. The van der Waals surface area contributed by atoms with Crippen molar-refractivity contribution in [1.82, 2.24) is 10.6 Å². The predicted molar refractivity (Wildman–Crippen MR) is 81.2 cm³/mol. The molecule has 20 heavy (non-hydrogen) atoms. The number of hydrogen-bond donors (Lipinski definition) is 2. The molecule has 4 saturated carbocycles. The minimum Gasteiger partial charge on any atom is -0.335 e. The predicted octanol–water partition coefficient (Wildman–Crippen LogP) is 3.81. The van der Waals surface area contributed by atoms with Crippen molar-refractivity contribution >= 4 is 6.03 Å². The van der Waals surface area contributed by atoms with Crippen LogP contribution in [0.5, 0.6) is 0 Å². The van der Waals surface area contributed by atoms with Gasteiger partial charge in [-0.25, -0.2) is 4.79 Å². The second-order valence-corrected chi connectivity index (χ2v) is 7.43. The molecule has 4 aliphatic carbocycles. The van der Waals surface area contributed by atoms with Crippen molar-refractivity contribution in [2.45, 2.75) is 64.8 Å². The Kier molecular flexibility index (Phi) is 3.78. The number of carbonyl (C=O) groups is 1. The van der Waals surface area contributed by atoms with E-state index in [2.05, 4.69) is 24.5 Å². The van der Waals surface area contributed by atoms with E-state index in [1.54, 1.807) is 6.20 Å². The van der Waals surface area contributed by atoms with Gasteiger partial charge in [0, 0.05) is 12.2 Å². The number of carbonyl (C=O) groups excluding carboxylic acids is 1. The molecular formula is C17H28N2O. The molecule has 3 heteroatoms. The van der Waals surface area contributed by atoms with Gasteiger partial charge < -0.3 is 10.6 Å². The molecule has 4 rings (SSSR count). The van der Waals surface area contributed by atoms with E-state index in [-0.39, 0.29) is 6.03 Å². The van der Waals surface area contributed by atoms with Crippen molar-refractivity contribution < 1.29 is 4.79 Å². The Hall–Kier alpha value is -0.990. The van der Waals surface area contributed by atoms with Crippen LogP contribution in [0.3, 0.4) is 0 Å². The van der Waals surface area contributed by atoms with Gasteiger partial charge in [0.25, 0.3) is 0 Å². The standard InChI is InChI=1S/C17H28N2O/c1-3-4-5-18-16(20)19-12(2)17-9-13-6-14(10-17)8-15(7-13)11-17/h4-5,12-15H,3,6-11H2,1-2H3,(H2,18,19,20)/b5-4+. The number of nitrogens with one attached hydrogen (secondary N) is 2. The van der Waals surface area contributed by atoms with E-state index >= 15 is 0 Å². The van der Waals surface area contributed by atoms with Crippen molar-refractivity contribution in [3.8, 4) is 0 Å². The lowest BCUT2D eigenvalue weighted by Crippen LogP contribution is -2.56. The molecule has 4 fully saturated rings. The molecule has 0 aromatic heterocycles. The minimum atomic E-state index is -0.0436. The first-order chi connectivity index (χ1) is 9.61. The van der Waals surface area contributed by atoms with Gasteiger partial charge in [-0.1, -0.05) is 13.0 Å². The van der Waals surface area contributed by atoms with Gasteiger partial charge in [0.15, 0.2) is 0 Å². The van der Waals surface area contributed by atoms with Crippen molar-refractivity contribution in [2.75, 3.05) is 0 Å². The van der Waals surface area contributed by atoms with E-state index in [0.29, 0.717) is 11.5 Å². The van der Waals surface area contributed by atoms with E-state index in [0.717, 1.165) is 24.2 Å². The average Bonchev–Trinajstić information content (AvgIpc) is 2.37. The Morgan fingerprint density at radius 2 is 1.75 bits per heavy atom. The zero-order chi connectivity index (χ0) is 14.2.